The first kappa shape index (κ1) is 17.2. The summed E-state index contributed by atoms with van der Waals surface area (Å²) in [6, 6.07) is 7.56. The molecule has 1 fully saturated rings. The monoisotopic (exact) mass is 433 g/mol. The minimum absolute atomic E-state index is 0.0224. The largest absolute Gasteiger partial charge is 0.348 e. The van der Waals surface area contributed by atoms with Crippen LogP contribution < -0.4 is 15.8 Å². The van der Waals surface area contributed by atoms with Crippen LogP contribution in [0.4, 0.5) is 10.8 Å². The summed E-state index contributed by atoms with van der Waals surface area (Å²) in [6.45, 7) is 1.46. The van der Waals surface area contributed by atoms with E-state index in [4.69, 9.17) is 0 Å². The van der Waals surface area contributed by atoms with E-state index in [1.165, 1.54) is 17.7 Å². The van der Waals surface area contributed by atoms with Gasteiger partial charge >= 0.3 is 0 Å². The molecule has 0 atom stereocenters. The number of fused-ring (bicyclic) bond motifs is 1. The van der Waals surface area contributed by atoms with Gasteiger partial charge in [0.25, 0.3) is 5.56 Å². The standard InChI is InChI=1S/C17H16BrN5O2S/c18-11-1-3-12(4-2-11)21-15(24)10-5-7-23(8-6-10)17-22-14-13(26-17)16(25)20-9-19-14/h1-4,9-10H,5-8H2,(H,21,24)(H,19,20,25). The number of carbonyl (C=O) groups is 1. The van der Waals surface area contributed by atoms with Crippen LogP contribution in [-0.4, -0.2) is 33.9 Å². The van der Waals surface area contributed by atoms with Crippen LogP contribution in [0.5, 0.6) is 0 Å². The number of piperidine rings is 1. The first-order valence-electron chi connectivity index (χ1n) is 8.26. The van der Waals surface area contributed by atoms with Gasteiger partial charge in [0.2, 0.25) is 5.91 Å². The van der Waals surface area contributed by atoms with E-state index in [1.807, 2.05) is 24.3 Å². The third kappa shape index (κ3) is 3.49. The van der Waals surface area contributed by atoms with E-state index >= 15 is 0 Å². The van der Waals surface area contributed by atoms with Gasteiger partial charge in [-0.15, -0.1) is 0 Å². The first-order valence-corrected chi connectivity index (χ1v) is 9.87. The number of hydrogen-bond acceptors (Lipinski definition) is 6. The van der Waals surface area contributed by atoms with Crippen molar-refractivity contribution in [3.8, 4) is 0 Å². The van der Waals surface area contributed by atoms with Crippen molar-refractivity contribution in [3.63, 3.8) is 0 Å². The highest BCUT2D eigenvalue weighted by Gasteiger charge is 2.27. The molecular weight excluding hydrogens is 418 g/mol. The Bertz CT molecular complexity index is 992. The second-order valence-corrected chi connectivity index (χ2v) is 8.03. The summed E-state index contributed by atoms with van der Waals surface area (Å²) in [5.41, 5.74) is 1.11. The van der Waals surface area contributed by atoms with E-state index in [2.05, 4.69) is 41.1 Å². The fourth-order valence-electron chi connectivity index (χ4n) is 3.00. The van der Waals surface area contributed by atoms with Crippen molar-refractivity contribution in [1.29, 1.82) is 0 Å². The SMILES string of the molecule is O=C(Nc1ccc(Br)cc1)C1CCN(c2nc3nc[nH]c(=O)c3s2)CC1. The molecule has 1 aliphatic rings. The molecule has 1 aliphatic heterocycles. The van der Waals surface area contributed by atoms with E-state index in [0.717, 1.165) is 41.2 Å². The molecule has 0 aliphatic carbocycles. The van der Waals surface area contributed by atoms with Crippen LogP contribution in [0.2, 0.25) is 0 Å². The van der Waals surface area contributed by atoms with Gasteiger partial charge in [-0.05, 0) is 37.1 Å². The molecule has 9 heteroatoms. The van der Waals surface area contributed by atoms with Gasteiger partial charge in [-0.2, -0.15) is 4.98 Å². The normalized spacial score (nSPS) is 15.3. The Morgan fingerprint density at radius 3 is 2.69 bits per heavy atom. The van der Waals surface area contributed by atoms with Gasteiger partial charge in [-0.3, -0.25) is 9.59 Å². The van der Waals surface area contributed by atoms with Gasteiger partial charge in [0.15, 0.2) is 10.8 Å². The van der Waals surface area contributed by atoms with E-state index < -0.39 is 0 Å². The lowest BCUT2D eigenvalue weighted by molar-refractivity contribution is -0.120. The summed E-state index contributed by atoms with van der Waals surface area (Å²) in [5.74, 6) is 0.0280. The molecule has 2 aromatic heterocycles. The van der Waals surface area contributed by atoms with E-state index in [0.29, 0.717) is 10.3 Å². The number of amides is 1. The summed E-state index contributed by atoms with van der Waals surface area (Å²) in [4.78, 5) is 37.5. The lowest BCUT2D eigenvalue weighted by Gasteiger charge is -2.30. The molecular formula is C17H16BrN5O2S. The fourth-order valence-corrected chi connectivity index (χ4v) is 4.23. The van der Waals surface area contributed by atoms with E-state index in [9.17, 15) is 9.59 Å². The van der Waals surface area contributed by atoms with Crippen LogP contribution in [0, 0.1) is 5.92 Å². The third-order valence-corrected chi connectivity index (χ3v) is 6.07. The van der Waals surface area contributed by atoms with Gasteiger partial charge in [0.1, 0.15) is 4.70 Å². The number of aromatic amines is 1. The molecule has 0 saturated carbocycles. The maximum atomic E-state index is 12.5. The summed E-state index contributed by atoms with van der Waals surface area (Å²) in [5, 5.41) is 3.76. The minimum atomic E-state index is -0.164. The van der Waals surface area contributed by atoms with Crippen LogP contribution in [0.15, 0.2) is 39.9 Å². The molecule has 3 aromatic rings. The molecule has 4 rings (SSSR count). The third-order valence-electron chi connectivity index (χ3n) is 4.43. The predicted molar refractivity (Wildman–Crippen MR) is 106 cm³/mol. The minimum Gasteiger partial charge on any atom is -0.348 e. The molecule has 2 N–H and O–H groups in total. The zero-order chi connectivity index (χ0) is 18.1. The summed E-state index contributed by atoms with van der Waals surface area (Å²) in [7, 11) is 0. The summed E-state index contributed by atoms with van der Waals surface area (Å²) < 4.78 is 1.52. The number of nitrogens with one attached hydrogen (secondary N) is 2. The number of carbonyl (C=O) groups excluding carboxylic acids is 1. The van der Waals surface area contributed by atoms with Crippen LogP contribution in [-0.2, 0) is 4.79 Å². The number of halogens is 1. The maximum absolute atomic E-state index is 12.5. The molecule has 0 spiro atoms. The predicted octanol–water partition coefficient (Wildman–Crippen LogP) is 3.00. The van der Waals surface area contributed by atoms with Crippen LogP contribution >= 0.6 is 27.3 Å². The summed E-state index contributed by atoms with van der Waals surface area (Å²) in [6.07, 6.45) is 2.87. The Balaban J connectivity index is 1.40. The van der Waals surface area contributed by atoms with Gasteiger partial charge < -0.3 is 15.2 Å². The maximum Gasteiger partial charge on any atom is 0.270 e. The summed E-state index contributed by atoms with van der Waals surface area (Å²) >= 11 is 4.73. The zero-order valence-corrected chi connectivity index (χ0v) is 16.1. The van der Waals surface area contributed by atoms with Crippen molar-refractivity contribution < 1.29 is 4.79 Å². The van der Waals surface area contributed by atoms with Crippen molar-refractivity contribution in [2.45, 2.75) is 12.8 Å². The molecule has 0 unspecified atom stereocenters. The number of benzene rings is 1. The molecule has 0 bridgehead atoms. The lowest BCUT2D eigenvalue weighted by Crippen LogP contribution is -2.38. The highest BCUT2D eigenvalue weighted by atomic mass is 79.9. The molecule has 1 amide bonds. The molecule has 0 radical (unpaired) electrons. The van der Waals surface area contributed by atoms with Crippen molar-refractivity contribution in [1.82, 2.24) is 15.0 Å². The van der Waals surface area contributed by atoms with Crippen LogP contribution in [0.3, 0.4) is 0 Å². The van der Waals surface area contributed by atoms with Gasteiger partial charge in [0.05, 0.1) is 6.33 Å². The van der Waals surface area contributed by atoms with Crippen molar-refractivity contribution in [3.05, 3.63) is 45.4 Å². The zero-order valence-electron chi connectivity index (χ0n) is 13.7. The Morgan fingerprint density at radius 2 is 2.00 bits per heavy atom. The van der Waals surface area contributed by atoms with Crippen molar-refractivity contribution in [2.75, 3.05) is 23.3 Å². The highest BCUT2D eigenvalue weighted by Crippen LogP contribution is 2.29. The fraction of sp³-hybridized carbons (Fsp3) is 0.294. The van der Waals surface area contributed by atoms with Crippen LogP contribution in [0.1, 0.15) is 12.8 Å². The number of thiazole rings is 1. The second kappa shape index (κ2) is 7.16. The Labute approximate surface area is 161 Å². The van der Waals surface area contributed by atoms with Gasteiger partial charge in [-0.1, -0.05) is 27.3 Å². The van der Waals surface area contributed by atoms with E-state index in [-0.39, 0.29) is 17.4 Å². The molecule has 1 saturated heterocycles. The molecule has 7 nitrogen and oxygen atoms in total. The number of rotatable bonds is 3. The molecule has 134 valence electrons. The Hall–Kier alpha value is -2.26. The first-order chi connectivity index (χ1) is 12.6. The average Bonchev–Trinajstić information content (AvgIpc) is 3.09. The van der Waals surface area contributed by atoms with Crippen molar-refractivity contribution >= 4 is 54.3 Å². The number of H-pyrrole nitrogens is 1. The molecule has 26 heavy (non-hydrogen) atoms. The number of anilines is 2. The average molecular weight is 434 g/mol. The lowest BCUT2D eigenvalue weighted by atomic mass is 9.96. The highest BCUT2D eigenvalue weighted by molar-refractivity contribution is 9.10. The smallest absolute Gasteiger partial charge is 0.270 e. The molecule has 3 heterocycles. The van der Waals surface area contributed by atoms with Gasteiger partial charge in [-0.25, -0.2) is 4.98 Å². The number of hydrogen-bond donors (Lipinski definition) is 2. The number of aromatic nitrogens is 3. The Morgan fingerprint density at radius 1 is 1.27 bits per heavy atom. The van der Waals surface area contributed by atoms with Gasteiger partial charge in [0, 0.05) is 29.2 Å². The van der Waals surface area contributed by atoms with E-state index in [1.54, 1.807) is 0 Å². The quantitative estimate of drug-likeness (QED) is 0.662. The van der Waals surface area contributed by atoms with Crippen LogP contribution in [0.25, 0.3) is 10.3 Å². The Kier molecular flexibility index (Phi) is 4.73. The molecule has 1 aromatic carbocycles. The second-order valence-electron chi connectivity index (χ2n) is 6.14. The topological polar surface area (TPSA) is 91.0 Å². The number of nitrogens with zero attached hydrogens (tertiary/aromatic N) is 3. The van der Waals surface area contributed by atoms with Crippen molar-refractivity contribution in [2.24, 2.45) is 5.92 Å².